The smallest absolute Gasteiger partial charge is 0.264 e. The van der Waals surface area contributed by atoms with E-state index in [1.54, 1.807) is 36.4 Å². The maximum atomic E-state index is 13.4. The van der Waals surface area contributed by atoms with Gasteiger partial charge in [0.2, 0.25) is 5.91 Å². The van der Waals surface area contributed by atoms with Crippen LogP contribution in [0.4, 0.5) is 11.4 Å². The molecule has 3 rings (SSSR count). The van der Waals surface area contributed by atoms with Crippen LogP contribution >= 0.6 is 11.6 Å². The van der Waals surface area contributed by atoms with E-state index in [2.05, 4.69) is 24.1 Å². The second-order valence-electron chi connectivity index (χ2n) is 7.89. The molecule has 0 radical (unpaired) electrons. The van der Waals surface area contributed by atoms with E-state index in [0.717, 1.165) is 34.2 Å². The molecule has 0 bridgehead atoms. The summed E-state index contributed by atoms with van der Waals surface area (Å²) in [6.07, 6.45) is 0. The van der Waals surface area contributed by atoms with Crippen molar-refractivity contribution in [2.75, 3.05) is 28.8 Å². The van der Waals surface area contributed by atoms with Gasteiger partial charge in [-0.2, -0.15) is 0 Å². The lowest BCUT2D eigenvalue weighted by Gasteiger charge is -2.25. The fourth-order valence-corrected chi connectivity index (χ4v) is 5.32. The van der Waals surface area contributed by atoms with Crippen LogP contribution in [0.3, 0.4) is 0 Å². The molecule has 0 aromatic heterocycles. The van der Waals surface area contributed by atoms with Crippen LogP contribution in [-0.4, -0.2) is 34.0 Å². The summed E-state index contributed by atoms with van der Waals surface area (Å²) >= 11 is 6.32. The highest BCUT2D eigenvalue weighted by Gasteiger charge is 2.28. The molecular formula is C26H30ClN3O3S. The van der Waals surface area contributed by atoms with Gasteiger partial charge in [-0.15, -0.1) is 0 Å². The van der Waals surface area contributed by atoms with Gasteiger partial charge in [0.05, 0.1) is 15.6 Å². The number of sulfonamides is 1. The second-order valence-corrected chi connectivity index (χ2v) is 10.2. The lowest BCUT2D eigenvalue weighted by Crippen LogP contribution is -2.40. The summed E-state index contributed by atoms with van der Waals surface area (Å²) in [5.74, 6) is -0.427. The molecule has 1 amide bonds. The number of hydrogen-bond acceptors (Lipinski definition) is 4. The maximum Gasteiger partial charge on any atom is 0.264 e. The summed E-state index contributed by atoms with van der Waals surface area (Å²) in [5, 5.41) is 3.07. The van der Waals surface area contributed by atoms with Gasteiger partial charge in [0.1, 0.15) is 6.54 Å². The summed E-state index contributed by atoms with van der Waals surface area (Å²) in [4.78, 5) is 15.2. The summed E-state index contributed by atoms with van der Waals surface area (Å²) in [6, 6.07) is 21.1. The lowest BCUT2D eigenvalue weighted by molar-refractivity contribution is -0.119. The van der Waals surface area contributed by atoms with Gasteiger partial charge in [-0.3, -0.25) is 9.10 Å². The Morgan fingerprint density at radius 1 is 0.912 bits per heavy atom. The van der Waals surface area contributed by atoms with Crippen molar-refractivity contribution >= 4 is 38.9 Å². The van der Waals surface area contributed by atoms with Crippen LogP contribution in [0, 0.1) is 6.92 Å². The molecule has 8 heteroatoms. The van der Waals surface area contributed by atoms with Crippen LogP contribution in [0.25, 0.3) is 0 Å². The van der Waals surface area contributed by atoms with Crippen LogP contribution < -0.4 is 14.5 Å². The predicted octanol–water partition coefficient (Wildman–Crippen LogP) is 5.01. The maximum absolute atomic E-state index is 13.4. The van der Waals surface area contributed by atoms with E-state index in [1.165, 1.54) is 12.1 Å². The number of carbonyl (C=O) groups excluding carboxylic acids is 1. The van der Waals surface area contributed by atoms with Gasteiger partial charge in [-0.25, -0.2) is 8.42 Å². The van der Waals surface area contributed by atoms with Gasteiger partial charge >= 0.3 is 0 Å². The van der Waals surface area contributed by atoms with Crippen LogP contribution in [-0.2, 0) is 21.4 Å². The molecule has 0 heterocycles. The molecule has 34 heavy (non-hydrogen) atoms. The van der Waals surface area contributed by atoms with Crippen LogP contribution in [0.2, 0.25) is 5.02 Å². The Balaban J connectivity index is 1.78. The quantitative estimate of drug-likeness (QED) is 0.426. The highest BCUT2D eigenvalue weighted by Crippen LogP contribution is 2.30. The highest BCUT2D eigenvalue weighted by molar-refractivity contribution is 7.92. The Morgan fingerprint density at radius 2 is 1.53 bits per heavy atom. The van der Waals surface area contributed by atoms with Crippen molar-refractivity contribution in [2.24, 2.45) is 0 Å². The van der Waals surface area contributed by atoms with Crippen molar-refractivity contribution in [3.8, 4) is 0 Å². The number of para-hydroxylation sites is 1. The van der Waals surface area contributed by atoms with Crippen molar-refractivity contribution < 1.29 is 13.2 Å². The Kier molecular flexibility index (Phi) is 8.58. The van der Waals surface area contributed by atoms with Crippen molar-refractivity contribution in [2.45, 2.75) is 32.2 Å². The third kappa shape index (κ3) is 6.10. The molecule has 0 saturated carbocycles. The fraction of sp³-hybridized carbons (Fsp3) is 0.269. The van der Waals surface area contributed by atoms with E-state index >= 15 is 0 Å². The molecular weight excluding hydrogens is 470 g/mol. The number of nitrogens with zero attached hydrogens (tertiary/aromatic N) is 2. The number of amides is 1. The Hall–Kier alpha value is -3.03. The molecule has 3 aromatic rings. The summed E-state index contributed by atoms with van der Waals surface area (Å²) in [5.41, 5.74) is 3.24. The molecule has 0 aliphatic heterocycles. The molecule has 0 saturated heterocycles. The third-order valence-electron chi connectivity index (χ3n) is 5.57. The Labute approximate surface area is 207 Å². The third-order valence-corrected chi connectivity index (χ3v) is 7.67. The summed E-state index contributed by atoms with van der Waals surface area (Å²) in [6.45, 7) is 7.82. The van der Waals surface area contributed by atoms with Crippen LogP contribution in [0.5, 0.6) is 0 Å². The zero-order valence-corrected chi connectivity index (χ0v) is 21.2. The van der Waals surface area contributed by atoms with Crippen molar-refractivity contribution in [3.63, 3.8) is 0 Å². The van der Waals surface area contributed by atoms with E-state index < -0.39 is 22.5 Å². The minimum Gasteiger partial charge on any atom is -0.372 e. The molecule has 180 valence electrons. The number of nitrogens with one attached hydrogen (secondary N) is 1. The molecule has 0 spiro atoms. The first-order valence-electron chi connectivity index (χ1n) is 11.2. The van der Waals surface area contributed by atoms with Crippen LogP contribution in [0.1, 0.15) is 25.0 Å². The lowest BCUT2D eigenvalue weighted by atomic mass is 10.2. The number of hydrogen-bond donors (Lipinski definition) is 1. The molecule has 0 aliphatic carbocycles. The average Bonchev–Trinajstić information content (AvgIpc) is 2.83. The van der Waals surface area contributed by atoms with Gasteiger partial charge < -0.3 is 10.2 Å². The molecule has 0 unspecified atom stereocenters. The minimum atomic E-state index is -4.01. The number of carbonyl (C=O) groups is 1. The SMILES string of the molecule is CCN(CC)c1ccc(CNC(=O)CN(c2ccccc2Cl)S(=O)(=O)c2ccc(C)cc2)cc1. The zero-order chi connectivity index (χ0) is 24.7. The van der Waals surface area contributed by atoms with Crippen molar-refractivity contribution in [1.82, 2.24) is 5.32 Å². The van der Waals surface area contributed by atoms with Crippen molar-refractivity contribution in [3.05, 3.63) is 88.9 Å². The molecule has 0 aliphatic rings. The molecule has 0 fully saturated rings. The standard InChI is InChI=1S/C26H30ClN3O3S/c1-4-29(5-2)22-14-12-21(13-15-22)18-28-26(31)19-30(25-9-7-6-8-24(25)27)34(32,33)23-16-10-20(3)11-17-23/h6-17H,4-5,18-19H2,1-3H3,(H,28,31). The normalized spacial score (nSPS) is 11.2. The molecule has 1 N–H and O–H groups in total. The summed E-state index contributed by atoms with van der Waals surface area (Å²) in [7, 11) is -4.01. The number of halogens is 1. The van der Waals surface area contributed by atoms with E-state index in [9.17, 15) is 13.2 Å². The molecule has 6 nitrogen and oxygen atoms in total. The first-order valence-corrected chi connectivity index (χ1v) is 13.0. The fourth-order valence-electron chi connectivity index (χ4n) is 3.59. The van der Waals surface area contributed by atoms with Gasteiger partial charge in [0, 0.05) is 25.3 Å². The number of anilines is 2. The second kappa shape index (κ2) is 11.4. The summed E-state index contributed by atoms with van der Waals surface area (Å²) < 4.78 is 27.9. The van der Waals surface area contributed by atoms with E-state index in [1.807, 2.05) is 31.2 Å². The molecule has 0 atom stereocenters. The monoisotopic (exact) mass is 499 g/mol. The van der Waals surface area contributed by atoms with E-state index in [-0.39, 0.29) is 22.2 Å². The highest BCUT2D eigenvalue weighted by atomic mass is 35.5. The average molecular weight is 500 g/mol. The first kappa shape index (κ1) is 25.6. The van der Waals surface area contributed by atoms with Gasteiger partial charge in [0.25, 0.3) is 10.0 Å². The predicted molar refractivity (Wildman–Crippen MR) is 139 cm³/mol. The largest absolute Gasteiger partial charge is 0.372 e. The van der Waals surface area contributed by atoms with E-state index in [4.69, 9.17) is 11.6 Å². The van der Waals surface area contributed by atoms with Gasteiger partial charge in [-0.05, 0) is 62.7 Å². The topological polar surface area (TPSA) is 69.7 Å². The molecule has 3 aromatic carbocycles. The van der Waals surface area contributed by atoms with E-state index in [0.29, 0.717) is 0 Å². The minimum absolute atomic E-state index is 0.0952. The van der Waals surface area contributed by atoms with Gasteiger partial charge in [-0.1, -0.05) is 53.6 Å². The Morgan fingerprint density at radius 3 is 2.12 bits per heavy atom. The van der Waals surface area contributed by atoms with Crippen LogP contribution in [0.15, 0.2) is 77.7 Å². The zero-order valence-electron chi connectivity index (χ0n) is 19.7. The Bertz CT molecular complexity index is 1210. The first-order chi connectivity index (χ1) is 16.3. The number of benzene rings is 3. The number of rotatable bonds is 10. The van der Waals surface area contributed by atoms with Gasteiger partial charge in [0.15, 0.2) is 0 Å². The number of aryl methyl sites for hydroxylation is 1. The van der Waals surface area contributed by atoms with Crippen molar-refractivity contribution in [1.29, 1.82) is 0 Å².